The number of quaternary nitrogens is 1. The molecule has 1 rings (SSSR count). The Morgan fingerprint density at radius 2 is 1.55 bits per heavy atom. The highest BCUT2D eigenvalue weighted by molar-refractivity contribution is 7.45. The second-order valence-corrected chi connectivity index (χ2v) is 16.8. The lowest BCUT2D eigenvalue weighted by Crippen LogP contribution is -2.45. The number of nitrogens with one attached hydrogen (secondary N) is 1. The van der Waals surface area contributed by atoms with Gasteiger partial charge in [-0.05, 0) is 51.4 Å². The van der Waals surface area contributed by atoms with Crippen molar-refractivity contribution >= 4 is 19.5 Å². The number of Topliss-reactive ketones (excluding diaryl/α,β-unsaturated/α-hetero) is 1. The summed E-state index contributed by atoms with van der Waals surface area (Å²) in [4.78, 5) is 37.9. The van der Waals surface area contributed by atoms with Gasteiger partial charge in [0.25, 0.3) is 7.82 Å². The van der Waals surface area contributed by atoms with E-state index in [1.165, 1.54) is 32.1 Å². The minimum Gasteiger partial charge on any atom is -0.756 e. The van der Waals surface area contributed by atoms with Crippen molar-refractivity contribution < 1.29 is 47.9 Å². The Hall–Kier alpha value is -1.95. The van der Waals surface area contributed by atoms with E-state index < -0.39 is 38.8 Å². The number of carbonyl (C=O) groups excluding carboxylic acids is 2. The number of carbonyl (C=O) groups is 2. The van der Waals surface area contributed by atoms with E-state index in [9.17, 15) is 34.4 Å². The van der Waals surface area contributed by atoms with Crippen molar-refractivity contribution in [2.24, 2.45) is 11.8 Å². The van der Waals surface area contributed by atoms with Crippen LogP contribution in [0, 0.1) is 11.8 Å². The first kappa shape index (κ1) is 49.1. The van der Waals surface area contributed by atoms with E-state index >= 15 is 0 Å². The number of rotatable bonds is 31. The molecule has 306 valence electrons. The zero-order chi connectivity index (χ0) is 39.5. The van der Waals surface area contributed by atoms with Crippen molar-refractivity contribution in [3.63, 3.8) is 0 Å². The Kier molecular flexibility index (Phi) is 26.3. The normalized spacial score (nSPS) is 21.3. The minimum absolute atomic E-state index is 0.00328. The molecule has 1 saturated carbocycles. The largest absolute Gasteiger partial charge is 0.756 e. The molecule has 1 aliphatic carbocycles. The summed E-state index contributed by atoms with van der Waals surface area (Å²) in [5.41, 5.74) is 0. The van der Waals surface area contributed by atoms with Gasteiger partial charge in [0.2, 0.25) is 5.91 Å². The number of nitrogens with zero attached hydrogens (tertiary/aromatic N) is 1. The van der Waals surface area contributed by atoms with Gasteiger partial charge < -0.3 is 39.1 Å². The van der Waals surface area contributed by atoms with Crippen LogP contribution < -0.4 is 10.2 Å². The van der Waals surface area contributed by atoms with Gasteiger partial charge in [-0.15, -0.1) is 0 Å². The molecule has 1 fully saturated rings. The van der Waals surface area contributed by atoms with Crippen molar-refractivity contribution in [2.45, 2.75) is 147 Å². The van der Waals surface area contributed by atoms with E-state index in [0.717, 1.165) is 32.1 Å². The summed E-state index contributed by atoms with van der Waals surface area (Å²) in [5, 5.41) is 34.3. The minimum atomic E-state index is -4.66. The predicted octanol–water partition coefficient (Wildman–Crippen LogP) is 6.47. The van der Waals surface area contributed by atoms with Crippen molar-refractivity contribution in [3.05, 3.63) is 48.6 Å². The smallest absolute Gasteiger partial charge is 0.268 e. The first-order valence-electron chi connectivity index (χ1n) is 20.1. The van der Waals surface area contributed by atoms with Crippen LogP contribution in [0.1, 0.15) is 123 Å². The maximum Gasteiger partial charge on any atom is 0.268 e. The molecule has 0 aliphatic heterocycles. The van der Waals surface area contributed by atoms with Crippen LogP contribution in [-0.4, -0.2) is 96.7 Å². The number of allylic oxidation sites excluding steroid dienone is 5. The van der Waals surface area contributed by atoms with Gasteiger partial charge >= 0.3 is 0 Å². The molecule has 4 N–H and O–H groups in total. The number of phosphoric ester groups is 1. The van der Waals surface area contributed by atoms with Gasteiger partial charge in [-0.3, -0.25) is 14.2 Å². The quantitative estimate of drug-likeness (QED) is 0.0268. The molecule has 0 aromatic carbocycles. The fourth-order valence-corrected chi connectivity index (χ4v) is 6.75. The Balaban J connectivity index is 2.66. The van der Waals surface area contributed by atoms with Crippen LogP contribution in [0.3, 0.4) is 0 Å². The summed E-state index contributed by atoms with van der Waals surface area (Å²) in [6.45, 7) is 4.22. The van der Waals surface area contributed by atoms with Gasteiger partial charge in [0.1, 0.15) is 18.9 Å². The van der Waals surface area contributed by atoms with E-state index in [2.05, 4.69) is 31.3 Å². The third kappa shape index (κ3) is 25.0. The lowest BCUT2D eigenvalue weighted by molar-refractivity contribution is -0.870. The highest BCUT2D eigenvalue weighted by Crippen LogP contribution is 2.38. The van der Waals surface area contributed by atoms with Gasteiger partial charge in [0.05, 0.1) is 52.1 Å². The van der Waals surface area contributed by atoms with E-state index in [1.54, 1.807) is 18.2 Å². The predicted molar refractivity (Wildman–Crippen MR) is 211 cm³/mol. The Labute approximate surface area is 320 Å². The van der Waals surface area contributed by atoms with Gasteiger partial charge in [0, 0.05) is 24.7 Å². The van der Waals surface area contributed by atoms with E-state index in [1.807, 2.05) is 39.4 Å². The SMILES string of the molecule is CCCCCCC/C=C\CC/C=C/[C@@H](O)[C@H](COP(=O)([O-])OCC[N+](C)(C)C)NC(=O)CCC/C=C\C[C@H]1C(=O)C[C@@H](O)[C@@H]1/C=C/[C@@H](O)CCCCC. The number of aliphatic hydroxyl groups excluding tert-OH is 3. The van der Waals surface area contributed by atoms with Crippen LogP contribution in [0.25, 0.3) is 0 Å². The van der Waals surface area contributed by atoms with Crippen LogP contribution in [0.4, 0.5) is 0 Å². The second-order valence-electron chi connectivity index (χ2n) is 15.4. The van der Waals surface area contributed by atoms with Crippen molar-refractivity contribution in [2.75, 3.05) is 40.9 Å². The van der Waals surface area contributed by atoms with E-state index in [-0.39, 0.29) is 43.0 Å². The number of ketones is 1. The molecule has 0 spiro atoms. The van der Waals surface area contributed by atoms with Gasteiger partial charge in [0.15, 0.2) is 0 Å². The van der Waals surface area contributed by atoms with Crippen LogP contribution in [0.2, 0.25) is 0 Å². The molecule has 53 heavy (non-hydrogen) atoms. The average Bonchev–Trinajstić information content (AvgIpc) is 3.36. The summed E-state index contributed by atoms with van der Waals surface area (Å²) >= 11 is 0. The molecule has 0 aromatic heterocycles. The molecule has 11 nitrogen and oxygen atoms in total. The fourth-order valence-electron chi connectivity index (χ4n) is 6.03. The number of likely N-dealkylation sites (N-methyl/N-ethyl adjacent to an activating group) is 1. The van der Waals surface area contributed by atoms with Crippen molar-refractivity contribution in [1.82, 2.24) is 5.32 Å². The average molecular weight is 769 g/mol. The monoisotopic (exact) mass is 769 g/mol. The lowest BCUT2D eigenvalue weighted by atomic mass is 9.90. The second kappa shape index (κ2) is 28.5. The molecular weight excluding hydrogens is 695 g/mol. The molecule has 1 aliphatic rings. The Morgan fingerprint density at radius 1 is 0.906 bits per heavy atom. The van der Waals surface area contributed by atoms with Gasteiger partial charge in [-0.25, -0.2) is 0 Å². The molecule has 0 bridgehead atoms. The molecule has 1 amide bonds. The van der Waals surface area contributed by atoms with Gasteiger partial charge in [-0.2, -0.15) is 0 Å². The maximum atomic E-state index is 12.9. The highest BCUT2D eigenvalue weighted by Gasteiger charge is 2.39. The van der Waals surface area contributed by atoms with Crippen LogP contribution >= 0.6 is 7.82 Å². The molecule has 0 radical (unpaired) electrons. The third-order valence-electron chi connectivity index (χ3n) is 9.38. The van der Waals surface area contributed by atoms with Crippen LogP contribution in [-0.2, 0) is 23.2 Å². The van der Waals surface area contributed by atoms with Crippen LogP contribution in [0.5, 0.6) is 0 Å². The Morgan fingerprint density at radius 3 is 2.26 bits per heavy atom. The summed E-state index contributed by atoms with van der Waals surface area (Å²) in [7, 11) is 1.07. The maximum absolute atomic E-state index is 12.9. The number of amides is 1. The highest BCUT2D eigenvalue weighted by atomic mass is 31.2. The standard InChI is InChI=1S/C41H73N2O9P/c1-6-8-10-11-12-13-14-15-16-17-22-26-38(45)37(33-52-53(49,50)51-31-30-43(3,4)5)42-41(48)27-23-19-18-21-25-35-36(40(47)32-39(35)46)29-28-34(44)24-20-9-7-2/h14-15,18,21-22,26,28-29,34-38,40,44-45,47H,6-13,16-17,19-20,23-25,27,30-33H2,1-5H3,(H-,42,48,49,50)/b15-14-,21-18-,26-22+,29-28+/t34-,35+,36+,37-,38+,40+/m0/s1. The summed E-state index contributed by atoms with van der Waals surface area (Å²) < 4.78 is 23.0. The molecule has 0 aromatic rings. The molecule has 0 saturated heterocycles. The zero-order valence-electron chi connectivity index (χ0n) is 33.4. The summed E-state index contributed by atoms with van der Waals surface area (Å²) in [6.07, 6.45) is 26.7. The number of aliphatic hydroxyl groups is 3. The molecule has 1 unspecified atom stereocenters. The molecule has 7 atom stereocenters. The topological polar surface area (TPSA) is 165 Å². The summed E-state index contributed by atoms with van der Waals surface area (Å²) in [5.74, 6) is -1.05. The molecule has 12 heteroatoms. The molecular formula is C41H73N2O9P. The zero-order valence-corrected chi connectivity index (χ0v) is 34.3. The number of hydrogen-bond donors (Lipinski definition) is 4. The molecule has 0 heterocycles. The number of unbranched alkanes of at least 4 members (excludes halogenated alkanes) is 9. The van der Waals surface area contributed by atoms with Crippen molar-refractivity contribution in [1.29, 1.82) is 0 Å². The number of phosphoric acid groups is 1. The Bertz CT molecular complexity index is 1170. The van der Waals surface area contributed by atoms with E-state index in [4.69, 9.17) is 9.05 Å². The van der Waals surface area contributed by atoms with E-state index in [0.29, 0.717) is 43.1 Å². The van der Waals surface area contributed by atoms with Gasteiger partial charge in [-0.1, -0.05) is 107 Å². The first-order chi connectivity index (χ1) is 25.2. The third-order valence-corrected chi connectivity index (χ3v) is 10.3. The lowest BCUT2D eigenvalue weighted by Gasteiger charge is -2.29. The van der Waals surface area contributed by atoms with Crippen LogP contribution in [0.15, 0.2) is 48.6 Å². The van der Waals surface area contributed by atoms with Crippen molar-refractivity contribution in [3.8, 4) is 0 Å². The first-order valence-corrected chi connectivity index (χ1v) is 21.6. The number of hydrogen-bond acceptors (Lipinski definition) is 9. The summed E-state index contributed by atoms with van der Waals surface area (Å²) in [6, 6.07) is -1.01. The fraction of sp³-hybridized carbons (Fsp3) is 0.756.